The standard InChI is InChI=1S/C8H9N3S2/c1-5-3-6(4-12-5)7-8(9-2)11-13-10-7/h3-4H,1-2H3,(H,9,11). The monoisotopic (exact) mass is 211 g/mol. The second kappa shape index (κ2) is 3.43. The molecule has 0 unspecified atom stereocenters. The molecule has 3 nitrogen and oxygen atoms in total. The summed E-state index contributed by atoms with van der Waals surface area (Å²) in [7, 11) is 1.86. The Labute approximate surface area is 84.8 Å². The molecule has 0 aliphatic heterocycles. The second-order valence-electron chi connectivity index (χ2n) is 2.66. The molecule has 0 aliphatic carbocycles. The van der Waals surface area contributed by atoms with Crippen LogP contribution in [-0.2, 0) is 0 Å². The molecule has 2 heterocycles. The number of nitrogens with one attached hydrogen (secondary N) is 1. The van der Waals surface area contributed by atoms with Crippen molar-refractivity contribution in [2.24, 2.45) is 0 Å². The fourth-order valence-corrected chi connectivity index (χ4v) is 2.37. The summed E-state index contributed by atoms with van der Waals surface area (Å²) >= 11 is 2.97. The predicted octanol–water partition coefficient (Wildman–Crippen LogP) is 2.62. The van der Waals surface area contributed by atoms with Gasteiger partial charge in [0.05, 0.1) is 11.7 Å². The van der Waals surface area contributed by atoms with Crippen LogP contribution in [0.25, 0.3) is 11.3 Å². The summed E-state index contributed by atoms with van der Waals surface area (Å²) in [4.78, 5) is 1.30. The molecule has 2 rings (SSSR count). The Morgan fingerprint density at radius 3 is 2.85 bits per heavy atom. The highest BCUT2D eigenvalue weighted by Crippen LogP contribution is 2.29. The van der Waals surface area contributed by atoms with Gasteiger partial charge >= 0.3 is 0 Å². The molecular weight excluding hydrogens is 202 g/mol. The highest BCUT2D eigenvalue weighted by Gasteiger charge is 2.09. The number of aromatic nitrogens is 2. The fraction of sp³-hybridized carbons (Fsp3) is 0.250. The molecule has 5 heteroatoms. The molecule has 68 valence electrons. The van der Waals surface area contributed by atoms with E-state index in [2.05, 4.69) is 32.4 Å². The van der Waals surface area contributed by atoms with Gasteiger partial charge in [0, 0.05) is 22.9 Å². The Balaban J connectivity index is 2.45. The highest BCUT2D eigenvalue weighted by molar-refractivity contribution is 7.10. The van der Waals surface area contributed by atoms with Gasteiger partial charge in [-0.3, -0.25) is 0 Å². The summed E-state index contributed by atoms with van der Waals surface area (Å²) in [6.45, 7) is 2.09. The first kappa shape index (κ1) is 8.65. The fourth-order valence-electron chi connectivity index (χ4n) is 1.11. The molecule has 2 aromatic heterocycles. The van der Waals surface area contributed by atoms with Crippen LogP contribution in [0.4, 0.5) is 5.82 Å². The Hall–Kier alpha value is -0.940. The predicted molar refractivity (Wildman–Crippen MR) is 57.5 cm³/mol. The first-order chi connectivity index (χ1) is 6.31. The largest absolute Gasteiger partial charge is 0.370 e. The van der Waals surface area contributed by atoms with E-state index in [1.165, 1.54) is 16.6 Å². The lowest BCUT2D eigenvalue weighted by Crippen LogP contribution is -1.89. The van der Waals surface area contributed by atoms with Gasteiger partial charge in [-0.2, -0.15) is 8.75 Å². The van der Waals surface area contributed by atoms with Crippen molar-refractivity contribution in [2.75, 3.05) is 12.4 Å². The lowest BCUT2D eigenvalue weighted by atomic mass is 10.2. The van der Waals surface area contributed by atoms with E-state index < -0.39 is 0 Å². The number of nitrogens with zero attached hydrogens (tertiary/aromatic N) is 2. The molecule has 1 N–H and O–H groups in total. The van der Waals surface area contributed by atoms with Gasteiger partial charge in [-0.25, -0.2) is 0 Å². The maximum atomic E-state index is 4.25. The highest BCUT2D eigenvalue weighted by atomic mass is 32.1. The van der Waals surface area contributed by atoms with Crippen molar-refractivity contribution >= 4 is 28.9 Å². The Morgan fingerprint density at radius 1 is 1.38 bits per heavy atom. The number of anilines is 1. The molecule has 2 aromatic rings. The third-order valence-electron chi connectivity index (χ3n) is 1.73. The molecule has 0 fully saturated rings. The van der Waals surface area contributed by atoms with Crippen LogP contribution in [0.5, 0.6) is 0 Å². The molecule has 0 radical (unpaired) electrons. The van der Waals surface area contributed by atoms with Crippen molar-refractivity contribution in [3.8, 4) is 11.3 Å². The van der Waals surface area contributed by atoms with Crippen molar-refractivity contribution in [1.82, 2.24) is 8.75 Å². The number of hydrogen-bond donors (Lipinski definition) is 1. The number of thiophene rings is 1. The quantitative estimate of drug-likeness (QED) is 0.829. The molecule has 0 saturated heterocycles. The first-order valence-corrected chi connectivity index (χ1v) is 5.48. The molecule has 0 amide bonds. The number of rotatable bonds is 2. The van der Waals surface area contributed by atoms with Crippen LogP contribution < -0.4 is 5.32 Å². The third kappa shape index (κ3) is 1.57. The van der Waals surface area contributed by atoms with Crippen molar-refractivity contribution < 1.29 is 0 Å². The minimum absolute atomic E-state index is 0.864. The summed E-state index contributed by atoms with van der Waals surface area (Å²) < 4.78 is 8.39. The van der Waals surface area contributed by atoms with Crippen LogP contribution in [-0.4, -0.2) is 15.8 Å². The van der Waals surface area contributed by atoms with Crippen LogP contribution in [0.15, 0.2) is 11.4 Å². The van der Waals surface area contributed by atoms with Crippen LogP contribution in [0.1, 0.15) is 4.88 Å². The van der Waals surface area contributed by atoms with Crippen LogP contribution in [0, 0.1) is 6.92 Å². The maximum Gasteiger partial charge on any atom is 0.167 e. The average Bonchev–Trinajstić information content (AvgIpc) is 2.71. The van der Waals surface area contributed by atoms with Gasteiger partial charge in [0.2, 0.25) is 0 Å². The lowest BCUT2D eigenvalue weighted by molar-refractivity contribution is 1.41. The van der Waals surface area contributed by atoms with Crippen LogP contribution in [0.3, 0.4) is 0 Å². The average molecular weight is 211 g/mol. The number of hydrogen-bond acceptors (Lipinski definition) is 5. The van der Waals surface area contributed by atoms with Crippen LogP contribution >= 0.6 is 23.1 Å². The Kier molecular flexibility index (Phi) is 2.28. The van der Waals surface area contributed by atoms with E-state index in [0.717, 1.165) is 17.1 Å². The summed E-state index contributed by atoms with van der Waals surface area (Å²) in [6.07, 6.45) is 0. The van der Waals surface area contributed by atoms with Crippen LogP contribution in [0.2, 0.25) is 0 Å². The molecule has 0 aliphatic rings. The minimum Gasteiger partial charge on any atom is -0.370 e. The van der Waals surface area contributed by atoms with Gasteiger partial charge in [0.15, 0.2) is 5.82 Å². The first-order valence-electron chi connectivity index (χ1n) is 3.87. The molecule has 0 spiro atoms. The zero-order valence-electron chi connectivity index (χ0n) is 7.37. The summed E-state index contributed by atoms with van der Waals surface area (Å²) in [6, 6.07) is 2.13. The molecular formula is C8H9N3S2. The van der Waals surface area contributed by atoms with E-state index in [4.69, 9.17) is 0 Å². The number of aryl methyl sites for hydroxylation is 1. The lowest BCUT2D eigenvalue weighted by Gasteiger charge is -1.95. The SMILES string of the molecule is CNc1nsnc1-c1csc(C)c1. The van der Waals surface area contributed by atoms with Crippen molar-refractivity contribution in [2.45, 2.75) is 6.92 Å². The summed E-state index contributed by atoms with van der Waals surface area (Å²) in [5.74, 6) is 0.864. The van der Waals surface area contributed by atoms with E-state index in [0.29, 0.717) is 0 Å². The third-order valence-corrected chi connectivity index (χ3v) is 3.12. The van der Waals surface area contributed by atoms with Gasteiger partial charge in [-0.15, -0.1) is 11.3 Å². The van der Waals surface area contributed by atoms with Crippen molar-refractivity contribution in [1.29, 1.82) is 0 Å². The molecule has 0 aromatic carbocycles. The normalized spacial score (nSPS) is 10.3. The summed E-state index contributed by atoms with van der Waals surface area (Å²) in [5.41, 5.74) is 2.11. The van der Waals surface area contributed by atoms with E-state index >= 15 is 0 Å². The molecule has 0 saturated carbocycles. The van der Waals surface area contributed by atoms with Gasteiger partial charge in [-0.05, 0) is 13.0 Å². The van der Waals surface area contributed by atoms with E-state index in [-0.39, 0.29) is 0 Å². The molecule has 0 atom stereocenters. The van der Waals surface area contributed by atoms with Gasteiger partial charge in [0.25, 0.3) is 0 Å². The van der Waals surface area contributed by atoms with E-state index in [1.54, 1.807) is 11.3 Å². The summed E-state index contributed by atoms with van der Waals surface area (Å²) in [5, 5.41) is 5.13. The van der Waals surface area contributed by atoms with Gasteiger partial charge < -0.3 is 5.32 Å². The molecule has 0 bridgehead atoms. The Bertz CT molecular complexity index is 405. The maximum absolute atomic E-state index is 4.25. The second-order valence-corrected chi connectivity index (χ2v) is 4.30. The topological polar surface area (TPSA) is 37.8 Å². The van der Waals surface area contributed by atoms with E-state index in [1.807, 2.05) is 7.05 Å². The van der Waals surface area contributed by atoms with Gasteiger partial charge in [0.1, 0.15) is 5.69 Å². The molecule has 13 heavy (non-hydrogen) atoms. The van der Waals surface area contributed by atoms with Crippen molar-refractivity contribution in [3.05, 3.63) is 16.3 Å². The van der Waals surface area contributed by atoms with E-state index in [9.17, 15) is 0 Å². The zero-order chi connectivity index (χ0) is 9.26. The van der Waals surface area contributed by atoms with Crippen molar-refractivity contribution in [3.63, 3.8) is 0 Å². The zero-order valence-corrected chi connectivity index (χ0v) is 9.00. The Morgan fingerprint density at radius 2 is 2.23 bits per heavy atom. The smallest absolute Gasteiger partial charge is 0.167 e. The van der Waals surface area contributed by atoms with Gasteiger partial charge in [-0.1, -0.05) is 0 Å². The minimum atomic E-state index is 0.864.